The molecule has 0 amide bonds. The number of ether oxygens (including phenoxy) is 1. The quantitative estimate of drug-likeness (QED) is 0.143. The van der Waals surface area contributed by atoms with E-state index in [4.69, 9.17) is 19.3 Å². The maximum atomic E-state index is 9.25. The molecule has 67 heavy (non-hydrogen) atoms. The Hall–Kier alpha value is -8.02. The van der Waals surface area contributed by atoms with E-state index in [-0.39, 0.29) is 52.6 Å². The Morgan fingerprint density at radius 2 is 1.21 bits per heavy atom. The molecule has 3 heterocycles. The van der Waals surface area contributed by atoms with Gasteiger partial charge in [-0.25, -0.2) is 4.98 Å². The zero-order valence-electron chi connectivity index (χ0n) is 47.2. The molecule has 0 aliphatic heterocycles. The lowest BCUT2D eigenvalue weighted by Crippen LogP contribution is -2.31. The Bertz CT molecular complexity index is 4140. The fourth-order valence-corrected chi connectivity index (χ4v) is 8.97. The number of rotatable bonds is 8. The van der Waals surface area contributed by atoms with E-state index in [1.807, 2.05) is 125 Å². The maximum absolute atomic E-state index is 9.25. The molecule has 0 aliphatic carbocycles. The molecule has 8 aromatic carbocycles. The fourth-order valence-electron chi connectivity index (χ4n) is 8.97. The van der Waals surface area contributed by atoms with Crippen molar-refractivity contribution >= 4 is 32.8 Å². The Morgan fingerprint density at radius 3 is 2.01 bits per heavy atom. The molecule has 5 heteroatoms. The standard InChI is InChI=1S/C62H53N4O/c1-61(2,3)46-33-34-63-59(38-46)66-55-28-14-13-25-53(55)54-32-31-50(40-58(54)66)67-49-24-17-23-48(39-49)64-41-65(57-30-16-15-29-56(57)64)60-51(43-21-11-8-12-22-43)26-18-27-52(60)45-35-44(42-19-9-7-10-20-42)36-47(37-45)62(4,5)6/h7-41H,1-6H3/q+1/i8D,11D,12D,13D,14D,21D,22D,25D,28D. The summed E-state index contributed by atoms with van der Waals surface area (Å²) in [7, 11) is 0. The lowest BCUT2D eigenvalue weighted by atomic mass is 9.82. The number of fused-ring (bicyclic) bond motifs is 4. The zero-order valence-corrected chi connectivity index (χ0v) is 38.2. The molecule has 5 nitrogen and oxygen atoms in total. The van der Waals surface area contributed by atoms with E-state index in [9.17, 15) is 2.74 Å². The molecule has 0 saturated carbocycles. The highest BCUT2D eigenvalue weighted by Gasteiger charge is 2.27. The van der Waals surface area contributed by atoms with Crippen molar-refractivity contribution in [1.82, 2.24) is 14.1 Å². The molecular weight excluding hydrogens is 817 g/mol. The lowest BCUT2D eigenvalue weighted by molar-refractivity contribution is -0.566. The molecule has 0 unspecified atom stereocenters. The second-order valence-electron chi connectivity index (χ2n) is 19.0. The van der Waals surface area contributed by atoms with Crippen molar-refractivity contribution in [2.45, 2.75) is 52.4 Å². The number of nitrogens with zero attached hydrogens (tertiary/aromatic N) is 4. The van der Waals surface area contributed by atoms with Gasteiger partial charge in [-0.1, -0.05) is 169 Å². The van der Waals surface area contributed by atoms with Gasteiger partial charge >= 0.3 is 0 Å². The van der Waals surface area contributed by atoms with Crippen LogP contribution in [0.5, 0.6) is 11.5 Å². The van der Waals surface area contributed by atoms with Crippen LogP contribution in [0.25, 0.3) is 83.4 Å². The van der Waals surface area contributed by atoms with E-state index >= 15 is 0 Å². The molecule has 11 rings (SSSR count). The van der Waals surface area contributed by atoms with Crippen LogP contribution < -0.4 is 9.30 Å². The summed E-state index contributed by atoms with van der Waals surface area (Å²) in [5, 5.41) is 1.01. The third-order valence-corrected chi connectivity index (χ3v) is 12.4. The summed E-state index contributed by atoms with van der Waals surface area (Å²) >= 11 is 0. The summed E-state index contributed by atoms with van der Waals surface area (Å²) in [4.78, 5) is 4.74. The van der Waals surface area contributed by atoms with Gasteiger partial charge in [0.2, 0.25) is 0 Å². The average molecular weight is 879 g/mol. The van der Waals surface area contributed by atoms with Crippen molar-refractivity contribution in [3.05, 3.63) is 224 Å². The second-order valence-corrected chi connectivity index (χ2v) is 19.0. The zero-order chi connectivity index (χ0) is 53.7. The number of imidazole rings is 1. The largest absolute Gasteiger partial charge is 0.457 e. The smallest absolute Gasteiger partial charge is 0.255 e. The average Bonchev–Trinajstić information content (AvgIpc) is 4.08. The first-order valence-electron chi connectivity index (χ1n) is 26.9. The second kappa shape index (κ2) is 16.4. The van der Waals surface area contributed by atoms with Gasteiger partial charge in [0.1, 0.15) is 28.7 Å². The van der Waals surface area contributed by atoms with Gasteiger partial charge < -0.3 is 4.74 Å². The number of para-hydroxylation sites is 4. The molecule has 0 bridgehead atoms. The predicted molar refractivity (Wildman–Crippen MR) is 277 cm³/mol. The van der Waals surface area contributed by atoms with E-state index in [2.05, 4.69) is 71.9 Å². The summed E-state index contributed by atoms with van der Waals surface area (Å²) in [6, 6.07) is 44.6. The Balaban J connectivity index is 1.10. The third-order valence-electron chi connectivity index (χ3n) is 12.4. The van der Waals surface area contributed by atoms with Crippen LogP contribution in [0.1, 0.15) is 65.0 Å². The SMILES string of the molecule is [2H]c1c([2H])c([2H])c(-c2cccc(-c3cc(-c4ccccc4)cc(C(C)(C)C)c3)c2-[n+]2cn(-c3cccc(Oc4ccc5c6c([2H])c([2H])c([2H])c([2H])c6n(-c6cc(C(C)(C)C)ccn6)c5c4)c3)c3ccccc32)c([2H])c1[2H]. The van der Waals surface area contributed by atoms with Crippen molar-refractivity contribution in [3.63, 3.8) is 0 Å². The van der Waals surface area contributed by atoms with E-state index in [0.29, 0.717) is 50.4 Å². The van der Waals surface area contributed by atoms with Crippen LogP contribution in [0.4, 0.5) is 0 Å². The molecule has 3 aromatic heterocycles. The van der Waals surface area contributed by atoms with E-state index in [1.165, 1.54) is 0 Å². The summed E-state index contributed by atoms with van der Waals surface area (Å²) < 4.78 is 92.4. The van der Waals surface area contributed by atoms with E-state index < -0.39 is 18.1 Å². The Kier molecular flexibility index (Phi) is 8.00. The first-order valence-corrected chi connectivity index (χ1v) is 22.4. The van der Waals surface area contributed by atoms with Crippen molar-refractivity contribution in [2.75, 3.05) is 0 Å². The van der Waals surface area contributed by atoms with Crippen LogP contribution in [0.2, 0.25) is 0 Å². The number of hydrogen-bond acceptors (Lipinski definition) is 2. The van der Waals surface area contributed by atoms with Gasteiger partial charge in [-0.05, 0) is 105 Å². The van der Waals surface area contributed by atoms with Gasteiger partial charge in [-0.2, -0.15) is 9.13 Å². The number of pyridine rings is 1. The van der Waals surface area contributed by atoms with Gasteiger partial charge in [0.15, 0.2) is 11.0 Å². The van der Waals surface area contributed by atoms with Crippen LogP contribution in [0, 0.1) is 0 Å². The van der Waals surface area contributed by atoms with Gasteiger partial charge in [0.05, 0.1) is 23.4 Å². The molecule has 0 spiro atoms. The minimum atomic E-state index is -0.465. The van der Waals surface area contributed by atoms with Gasteiger partial charge in [0.25, 0.3) is 6.33 Å². The monoisotopic (exact) mass is 878 g/mol. The first-order chi connectivity index (χ1) is 36.2. The number of hydrogen-bond donors (Lipinski definition) is 0. The fraction of sp³-hybridized carbons (Fsp3) is 0.129. The molecule has 11 aromatic rings. The van der Waals surface area contributed by atoms with Crippen molar-refractivity contribution in [2.24, 2.45) is 0 Å². The number of benzene rings is 8. The van der Waals surface area contributed by atoms with Gasteiger partial charge in [-0.15, -0.1) is 0 Å². The minimum absolute atomic E-state index is 0.0877. The molecule has 0 aliphatic rings. The first kappa shape index (κ1) is 32.6. The van der Waals surface area contributed by atoms with Gasteiger partial charge in [-0.3, -0.25) is 4.57 Å². The van der Waals surface area contributed by atoms with Crippen LogP contribution in [-0.4, -0.2) is 14.1 Å². The molecular formula is C62H53N4O+. The predicted octanol–water partition coefficient (Wildman–Crippen LogP) is 15.8. The van der Waals surface area contributed by atoms with Crippen LogP contribution in [-0.2, 0) is 10.8 Å². The molecule has 0 radical (unpaired) electrons. The number of aromatic nitrogens is 4. The minimum Gasteiger partial charge on any atom is -0.457 e. The topological polar surface area (TPSA) is 35.9 Å². The molecule has 0 N–H and O–H groups in total. The molecule has 326 valence electrons. The summed E-state index contributed by atoms with van der Waals surface area (Å²) in [6.45, 7) is 12.9. The van der Waals surface area contributed by atoms with Gasteiger partial charge in [0, 0.05) is 40.2 Å². The van der Waals surface area contributed by atoms with Crippen LogP contribution in [0.15, 0.2) is 212 Å². The highest BCUT2D eigenvalue weighted by molar-refractivity contribution is 6.09. The lowest BCUT2D eigenvalue weighted by Gasteiger charge is -2.22. The van der Waals surface area contributed by atoms with Crippen LogP contribution in [0.3, 0.4) is 0 Å². The van der Waals surface area contributed by atoms with Crippen molar-refractivity contribution < 1.29 is 21.6 Å². The highest BCUT2D eigenvalue weighted by Crippen LogP contribution is 2.40. The van der Waals surface area contributed by atoms with Crippen LogP contribution >= 0.6 is 0 Å². The van der Waals surface area contributed by atoms with E-state index in [0.717, 1.165) is 50.1 Å². The molecule has 0 fully saturated rings. The normalized spacial score (nSPS) is 13.9. The van der Waals surface area contributed by atoms with Crippen molar-refractivity contribution in [3.8, 4) is 62.1 Å². The highest BCUT2D eigenvalue weighted by atomic mass is 16.5. The Labute approximate surface area is 405 Å². The molecule has 0 saturated heterocycles. The Morgan fingerprint density at radius 1 is 0.507 bits per heavy atom. The summed E-state index contributed by atoms with van der Waals surface area (Å²) in [5.41, 5.74) is 9.86. The third kappa shape index (κ3) is 7.76. The summed E-state index contributed by atoms with van der Waals surface area (Å²) in [6.07, 6.45) is 3.69. The van der Waals surface area contributed by atoms with Crippen molar-refractivity contribution in [1.29, 1.82) is 0 Å². The maximum Gasteiger partial charge on any atom is 0.255 e. The molecule has 0 atom stereocenters. The summed E-state index contributed by atoms with van der Waals surface area (Å²) in [5.74, 6) is 1.49. The van der Waals surface area contributed by atoms with E-state index in [1.54, 1.807) is 16.8 Å².